The Balaban J connectivity index is 1.90. The summed E-state index contributed by atoms with van der Waals surface area (Å²) in [4.78, 5) is 0. The van der Waals surface area contributed by atoms with Gasteiger partial charge in [-0.05, 0) is 57.2 Å². The molecule has 1 N–H and O–H groups in total. The van der Waals surface area contributed by atoms with Crippen molar-refractivity contribution < 1.29 is 9.47 Å². The van der Waals surface area contributed by atoms with Crippen molar-refractivity contribution in [2.45, 2.75) is 63.7 Å². The summed E-state index contributed by atoms with van der Waals surface area (Å²) in [5.41, 5.74) is 0.203. The molecule has 1 spiro atoms. The van der Waals surface area contributed by atoms with Gasteiger partial charge in [-0.15, -0.1) is 0 Å². The molecule has 2 fully saturated rings. The number of nitrogens with one attached hydrogen (secondary N) is 1. The van der Waals surface area contributed by atoms with Crippen LogP contribution in [0.1, 0.15) is 46.0 Å². The van der Waals surface area contributed by atoms with Crippen molar-refractivity contribution in [1.82, 2.24) is 5.32 Å². The summed E-state index contributed by atoms with van der Waals surface area (Å²) in [6.07, 6.45) is 6.45. The molecule has 0 saturated carbocycles. The van der Waals surface area contributed by atoms with Gasteiger partial charge in [-0.1, -0.05) is 6.92 Å². The Morgan fingerprint density at radius 1 is 1.45 bits per heavy atom. The molecule has 4 atom stereocenters. The maximum Gasteiger partial charge on any atom is 0.0783 e. The number of methoxy groups -OCH3 is 1. The highest BCUT2D eigenvalue weighted by atomic mass is 32.2. The van der Waals surface area contributed by atoms with E-state index in [2.05, 4.69) is 30.9 Å². The van der Waals surface area contributed by atoms with Gasteiger partial charge in [0.15, 0.2) is 0 Å². The van der Waals surface area contributed by atoms with Crippen LogP contribution in [0.5, 0.6) is 0 Å². The number of thioether (sulfide) groups is 1. The molecule has 4 heteroatoms. The summed E-state index contributed by atoms with van der Waals surface area (Å²) in [6.45, 7) is 6.40. The van der Waals surface area contributed by atoms with Crippen molar-refractivity contribution in [2.75, 3.05) is 31.8 Å². The SMILES string of the molecule is CCNC(CCC(C)OC)C1CCOC2(CCSC2)C1. The quantitative estimate of drug-likeness (QED) is 0.783. The van der Waals surface area contributed by atoms with E-state index < -0.39 is 0 Å². The molecular weight excluding hydrogens is 270 g/mol. The fourth-order valence-corrected chi connectivity index (χ4v) is 4.95. The zero-order valence-electron chi connectivity index (χ0n) is 13.3. The minimum atomic E-state index is 0.203. The first-order chi connectivity index (χ1) is 9.69. The van der Waals surface area contributed by atoms with Crippen molar-refractivity contribution in [3.05, 3.63) is 0 Å². The second kappa shape index (κ2) is 8.02. The third kappa shape index (κ3) is 4.36. The fourth-order valence-electron chi connectivity index (χ4n) is 3.57. The minimum absolute atomic E-state index is 0.203. The second-order valence-corrected chi connectivity index (χ2v) is 7.48. The lowest BCUT2D eigenvalue weighted by atomic mass is 9.79. The largest absolute Gasteiger partial charge is 0.382 e. The van der Waals surface area contributed by atoms with Gasteiger partial charge in [-0.25, -0.2) is 0 Å². The van der Waals surface area contributed by atoms with Crippen LogP contribution in [0.2, 0.25) is 0 Å². The first-order valence-corrected chi connectivity index (χ1v) is 9.32. The van der Waals surface area contributed by atoms with Crippen LogP contribution in [0.25, 0.3) is 0 Å². The van der Waals surface area contributed by atoms with Crippen LogP contribution in [-0.2, 0) is 9.47 Å². The Labute approximate surface area is 128 Å². The van der Waals surface area contributed by atoms with Gasteiger partial charge in [0.1, 0.15) is 0 Å². The lowest BCUT2D eigenvalue weighted by molar-refractivity contribution is -0.0859. The predicted octanol–water partition coefficient (Wildman–Crippen LogP) is 3.08. The molecule has 2 rings (SSSR count). The monoisotopic (exact) mass is 301 g/mol. The van der Waals surface area contributed by atoms with Gasteiger partial charge in [-0.2, -0.15) is 11.8 Å². The molecule has 118 valence electrons. The average Bonchev–Trinajstić information content (AvgIpc) is 2.90. The maximum absolute atomic E-state index is 6.16. The van der Waals surface area contributed by atoms with Crippen molar-refractivity contribution in [3.8, 4) is 0 Å². The molecule has 0 aliphatic carbocycles. The second-order valence-electron chi connectivity index (χ2n) is 6.37. The molecule has 3 nitrogen and oxygen atoms in total. The topological polar surface area (TPSA) is 30.5 Å². The van der Waals surface area contributed by atoms with E-state index in [1.807, 2.05) is 7.11 Å². The zero-order valence-corrected chi connectivity index (χ0v) is 14.1. The Morgan fingerprint density at radius 3 is 2.95 bits per heavy atom. The summed E-state index contributed by atoms with van der Waals surface area (Å²) in [6, 6.07) is 0.629. The predicted molar refractivity (Wildman–Crippen MR) is 86.5 cm³/mol. The highest BCUT2D eigenvalue weighted by Gasteiger charge is 2.42. The Hall–Kier alpha value is 0.230. The maximum atomic E-state index is 6.16. The first kappa shape index (κ1) is 16.6. The number of rotatable bonds is 7. The molecule has 0 aromatic rings. The molecule has 0 aromatic carbocycles. The van der Waals surface area contributed by atoms with Gasteiger partial charge in [0, 0.05) is 25.5 Å². The van der Waals surface area contributed by atoms with Crippen LogP contribution < -0.4 is 5.32 Å². The highest BCUT2D eigenvalue weighted by Crippen LogP contribution is 2.41. The summed E-state index contributed by atoms with van der Waals surface area (Å²) >= 11 is 2.06. The molecule has 0 radical (unpaired) electrons. The number of hydrogen-bond acceptors (Lipinski definition) is 4. The van der Waals surface area contributed by atoms with Gasteiger partial charge in [0.2, 0.25) is 0 Å². The molecule has 4 unspecified atom stereocenters. The van der Waals surface area contributed by atoms with Crippen molar-refractivity contribution in [1.29, 1.82) is 0 Å². The molecule has 0 bridgehead atoms. The summed E-state index contributed by atoms with van der Waals surface area (Å²) < 4.78 is 11.6. The summed E-state index contributed by atoms with van der Waals surface area (Å²) in [5.74, 6) is 3.25. The van der Waals surface area contributed by atoms with E-state index in [0.29, 0.717) is 12.1 Å². The fraction of sp³-hybridized carbons (Fsp3) is 1.00. The van der Waals surface area contributed by atoms with Gasteiger partial charge in [0.05, 0.1) is 11.7 Å². The first-order valence-electron chi connectivity index (χ1n) is 8.17. The normalized spacial score (nSPS) is 33.5. The molecule has 20 heavy (non-hydrogen) atoms. The van der Waals surface area contributed by atoms with E-state index >= 15 is 0 Å². The average molecular weight is 301 g/mol. The van der Waals surface area contributed by atoms with E-state index in [4.69, 9.17) is 9.47 Å². The van der Waals surface area contributed by atoms with Crippen LogP contribution >= 0.6 is 11.8 Å². The van der Waals surface area contributed by atoms with Crippen molar-refractivity contribution in [2.24, 2.45) is 5.92 Å². The van der Waals surface area contributed by atoms with Gasteiger partial charge in [0.25, 0.3) is 0 Å². The van der Waals surface area contributed by atoms with Gasteiger partial charge < -0.3 is 14.8 Å². The summed E-state index contributed by atoms with van der Waals surface area (Å²) in [5, 5.41) is 3.72. The van der Waals surface area contributed by atoms with E-state index in [0.717, 1.165) is 25.5 Å². The van der Waals surface area contributed by atoms with Gasteiger partial charge >= 0.3 is 0 Å². The Kier molecular flexibility index (Phi) is 6.66. The van der Waals surface area contributed by atoms with Gasteiger partial charge in [-0.3, -0.25) is 0 Å². The number of ether oxygens (including phenoxy) is 2. The van der Waals surface area contributed by atoms with E-state index in [1.165, 1.54) is 37.2 Å². The molecule has 0 aromatic heterocycles. The van der Waals surface area contributed by atoms with Crippen molar-refractivity contribution in [3.63, 3.8) is 0 Å². The molecule has 2 saturated heterocycles. The minimum Gasteiger partial charge on any atom is -0.382 e. The lowest BCUT2D eigenvalue weighted by Gasteiger charge is -2.41. The van der Waals surface area contributed by atoms with Crippen molar-refractivity contribution >= 4 is 11.8 Å². The van der Waals surface area contributed by atoms with Crippen LogP contribution in [0.3, 0.4) is 0 Å². The lowest BCUT2D eigenvalue weighted by Crippen LogP contribution is -2.47. The number of hydrogen-bond donors (Lipinski definition) is 1. The third-order valence-electron chi connectivity index (χ3n) is 4.92. The molecule has 2 aliphatic rings. The smallest absolute Gasteiger partial charge is 0.0783 e. The molecule has 2 heterocycles. The zero-order chi connectivity index (χ0) is 14.4. The van der Waals surface area contributed by atoms with Crippen LogP contribution in [0.15, 0.2) is 0 Å². The van der Waals surface area contributed by atoms with E-state index in [1.54, 1.807) is 0 Å². The van der Waals surface area contributed by atoms with Crippen LogP contribution in [0, 0.1) is 5.92 Å². The Bertz CT molecular complexity index is 282. The van der Waals surface area contributed by atoms with Crippen LogP contribution in [0.4, 0.5) is 0 Å². The van der Waals surface area contributed by atoms with E-state index in [-0.39, 0.29) is 5.60 Å². The third-order valence-corrected chi connectivity index (χ3v) is 6.14. The molecular formula is C16H31NO2S. The molecule has 2 aliphatic heterocycles. The Morgan fingerprint density at radius 2 is 2.30 bits per heavy atom. The standard InChI is InChI=1S/C16H31NO2S/c1-4-17-15(6-5-13(2)18-3)14-7-9-19-16(11-14)8-10-20-12-16/h13-15,17H,4-12H2,1-3H3. The highest BCUT2D eigenvalue weighted by molar-refractivity contribution is 7.99. The molecule has 0 amide bonds. The van der Waals surface area contributed by atoms with E-state index in [9.17, 15) is 0 Å². The summed E-state index contributed by atoms with van der Waals surface area (Å²) in [7, 11) is 1.81. The van der Waals surface area contributed by atoms with Crippen LogP contribution in [-0.4, -0.2) is 49.5 Å².